The molecule has 0 fully saturated rings. The molecule has 0 unspecified atom stereocenters. The van der Waals surface area contributed by atoms with Gasteiger partial charge in [-0.05, 0) is 30.3 Å². The van der Waals surface area contributed by atoms with E-state index in [1.807, 2.05) is 0 Å². The third-order valence-corrected chi connectivity index (χ3v) is 4.34. The van der Waals surface area contributed by atoms with Gasteiger partial charge in [-0.15, -0.1) is 0 Å². The van der Waals surface area contributed by atoms with Crippen LogP contribution in [0, 0.1) is 5.21 Å². The van der Waals surface area contributed by atoms with Crippen LogP contribution >= 0.6 is 23.2 Å². The molecule has 0 aliphatic rings. The summed E-state index contributed by atoms with van der Waals surface area (Å²) in [4.78, 5) is 7.96. The summed E-state index contributed by atoms with van der Waals surface area (Å²) in [6.07, 6.45) is -7.41. The normalized spacial score (nSPS) is 11.2. The third-order valence-electron chi connectivity index (χ3n) is 3.60. The molecular weight excluding hydrogens is 460 g/mol. The fourth-order valence-electron chi connectivity index (χ4n) is 2.25. The Morgan fingerprint density at radius 3 is 2.43 bits per heavy atom. The maximum absolute atomic E-state index is 13.1. The molecular formula is C18H10Cl2F4N3NaO2. The SMILES string of the molecule is [Na+].[O-]N(c1cccc(OC(F)(F)C(F)F)c1)c1nccc(-c2ccc(Cl)c(Cl)c2)n1. The van der Waals surface area contributed by atoms with Crippen molar-refractivity contribution in [3.63, 3.8) is 0 Å². The van der Waals surface area contributed by atoms with Gasteiger partial charge in [-0.2, -0.15) is 17.6 Å². The predicted octanol–water partition coefficient (Wildman–Crippen LogP) is 3.33. The van der Waals surface area contributed by atoms with Gasteiger partial charge in [0.05, 0.1) is 15.7 Å². The van der Waals surface area contributed by atoms with Crippen LogP contribution < -0.4 is 39.4 Å². The predicted molar refractivity (Wildman–Crippen MR) is 101 cm³/mol. The Morgan fingerprint density at radius 1 is 1.03 bits per heavy atom. The molecule has 0 aliphatic heterocycles. The van der Waals surface area contributed by atoms with Crippen LogP contribution in [0.4, 0.5) is 29.2 Å². The van der Waals surface area contributed by atoms with Crippen LogP contribution in [-0.2, 0) is 0 Å². The topological polar surface area (TPSA) is 61.3 Å². The first-order valence-electron chi connectivity index (χ1n) is 7.88. The first kappa shape index (κ1) is 24.6. The molecule has 2 aromatic carbocycles. The average Bonchev–Trinajstić information content (AvgIpc) is 2.69. The van der Waals surface area contributed by atoms with Crippen LogP contribution in [0.1, 0.15) is 0 Å². The van der Waals surface area contributed by atoms with E-state index >= 15 is 0 Å². The number of aromatic nitrogens is 2. The molecule has 0 saturated heterocycles. The number of ether oxygens (including phenoxy) is 1. The van der Waals surface area contributed by atoms with Crippen molar-refractivity contribution in [1.29, 1.82) is 0 Å². The van der Waals surface area contributed by atoms with E-state index in [-0.39, 0.29) is 51.3 Å². The van der Waals surface area contributed by atoms with E-state index in [1.165, 1.54) is 24.4 Å². The zero-order valence-corrected chi connectivity index (χ0v) is 18.7. The Kier molecular flexibility index (Phi) is 8.32. The summed E-state index contributed by atoms with van der Waals surface area (Å²) < 4.78 is 54.7. The number of benzene rings is 2. The number of hydrogen-bond donors (Lipinski definition) is 0. The summed E-state index contributed by atoms with van der Waals surface area (Å²) in [5, 5.41) is 13.4. The van der Waals surface area contributed by atoms with E-state index in [2.05, 4.69) is 14.7 Å². The Bertz CT molecular complexity index is 1030. The molecule has 0 atom stereocenters. The summed E-state index contributed by atoms with van der Waals surface area (Å²) in [7, 11) is 0. The van der Waals surface area contributed by atoms with Gasteiger partial charge in [0.25, 0.3) is 0 Å². The summed E-state index contributed by atoms with van der Waals surface area (Å²) in [6, 6.07) is 10.6. The van der Waals surface area contributed by atoms with Crippen LogP contribution in [0.5, 0.6) is 5.75 Å². The van der Waals surface area contributed by atoms with Gasteiger partial charge in [0.2, 0.25) is 5.95 Å². The number of anilines is 2. The standard InChI is InChI=1S/C18H10Cl2F4N3O2.Na/c19-13-5-4-10(8-14(13)20)15-6-7-25-17(26-15)27(28)11-2-1-3-12(9-11)29-18(23,24)16(21)22;/h1-9,16H;/q-1;+1. The molecule has 0 bridgehead atoms. The van der Waals surface area contributed by atoms with Gasteiger partial charge in [0.1, 0.15) is 5.75 Å². The van der Waals surface area contributed by atoms with Crippen LogP contribution in [0.25, 0.3) is 11.3 Å². The fraction of sp³-hybridized carbons (Fsp3) is 0.111. The number of hydrogen-bond acceptors (Lipinski definition) is 5. The molecule has 30 heavy (non-hydrogen) atoms. The van der Waals surface area contributed by atoms with Crippen molar-refractivity contribution >= 4 is 34.8 Å². The van der Waals surface area contributed by atoms with Crippen LogP contribution in [0.15, 0.2) is 54.7 Å². The van der Waals surface area contributed by atoms with Crippen molar-refractivity contribution in [1.82, 2.24) is 9.97 Å². The molecule has 3 aromatic rings. The minimum absolute atomic E-state index is 0. The summed E-state index contributed by atoms with van der Waals surface area (Å²) in [6.45, 7) is 0. The van der Waals surface area contributed by atoms with Gasteiger partial charge >= 0.3 is 42.1 Å². The van der Waals surface area contributed by atoms with Gasteiger partial charge in [-0.25, -0.2) is 9.97 Å². The number of rotatable bonds is 6. The molecule has 0 N–H and O–H groups in total. The van der Waals surface area contributed by atoms with Crippen molar-refractivity contribution in [2.24, 2.45) is 0 Å². The van der Waals surface area contributed by atoms with E-state index in [4.69, 9.17) is 23.2 Å². The summed E-state index contributed by atoms with van der Waals surface area (Å²) in [5.74, 6) is -0.930. The molecule has 3 rings (SSSR count). The van der Waals surface area contributed by atoms with Crippen molar-refractivity contribution in [3.8, 4) is 17.0 Å². The van der Waals surface area contributed by atoms with Gasteiger partial charge in [0, 0.05) is 23.5 Å². The van der Waals surface area contributed by atoms with Crippen LogP contribution in [0.2, 0.25) is 10.0 Å². The smallest absolute Gasteiger partial charge is 0.752 e. The zero-order valence-electron chi connectivity index (χ0n) is 15.2. The Balaban J connectivity index is 0.00000320. The molecule has 0 saturated carbocycles. The second-order valence-electron chi connectivity index (χ2n) is 5.63. The first-order chi connectivity index (χ1) is 13.7. The maximum atomic E-state index is 13.1. The number of nitrogens with zero attached hydrogens (tertiary/aromatic N) is 3. The van der Waals surface area contributed by atoms with Gasteiger partial charge in [-0.1, -0.05) is 35.3 Å². The number of alkyl halides is 4. The van der Waals surface area contributed by atoms with Gasteiger partial charge < -0.3 is 15.0 Å². The molecule has 1 aromatic heterocycles. The van der Waals surface area contributed by atoms with E-state index < -0.39 is 18.3 Å². The molecule has 0 amide bonds. The number of halogens is 6. The molecule has 0 aliphatic carbocycles. The van der Waals surface area contributed by atoms with E-state index in [9.17, 15) is 22.8 Å². The van der Waals surface area contributed by atoms with Crippen molar-refractivity contribution in [2.45, 2.75) is 12.5 Å². The molecule has 1 heterocycles. The summed E-state index contributed by atoms with van der Waals surface area (Å²) in [5.41, 5.74) is 0.718. The van der Waals surface area contributed by atoms with E-state index in [1.54, 1.807) is 18.2 Å². The molecule has 0 spiro atoms. The molecule has 152 valence electrons. The minimum Gasteiger partial charge on any atom is -0.752 e. The largest absolute Gasteiger partial charge is 1.00 e. The second-order valence-corrected chi connectivity index (χ2v) is 6.44. The Labute approximate surface area is 200 Å². The fourth-order valence-corrected chi connectivity index (χ4v) is 2.55. The van der Waals surface area contributed by atoms with E-state index in [0.29, 0.717) is 16.3 Å². The average molecular weight is 470 g/mol. The minimum atomic E-state index is -4.70. The van der Waals surface area contributed by atoms with Crippen molar-refractivity contribution in [2.75, 3.05) is 5.06 Å². The monoisotopic (exact) mass is 469 g/mol. The quantitative estimate of drug-likeness (QED) is 0.315. The molecule has 0 radical (unpaired) electrons. The van der Waals surface area contributed by atoms with Gasteiger partial charge in [-0.3, -0.25) is 0 Å². The van der Waals surface area contributed by atoms with Crippen molar-refractivity contribution < 1.29 is 51.9 Å². The second kappa shape index (κ2) is 10.1. The molecule has 12 heteroatoms. The van der Waals surface area contributed by atoms with Gasteiger partial charge in [0.15, 0.2) is 0 Å². The first-order valence-corrected chi connectivity index (χ1v) is 8.64. The van der Waals surface area contributed by atoms with Crippen LogP contribution in [0.3, 0.4) is 0 Å². The Hall–Kier alpha value is -1.62. The zero-order chi connectivity index (χ0) is 21.2. The van der Waals surface area contributed by atoms with E-state index in [0.717, 1.165) is 12.1 Å². The Morgan fingerprint density at radius 2 is 1.77 bits per heavy atom. The maximum Gasteiger partial charge on any atom is 1.00 e. The summed E-state index contributed by atoms with van der Waals surface area (Å²) >= 11 is 11.9. The van der Waals surface area contributed by atoms with Crippen molar-refractivity contribution in [3.05, 3.63) is 70.0 Å². The third kappa shape index (κ3) is 5.75. The molecule has 5 nitrogen and oxygen atoms in total. The van der Waals surface area contributed by atoms with Crippen LogP contribution in [-0.4, -0.2) is 22.5 Å².